The predicted octanol–water partition coefficient (Wildman–Crippen LogP) is 2.87. The standard InChI is InChI=1S/C14H20ClN3O/c1-13(2)12(14(13,3)4)18-10-8(11(17)19)5-7(16)6-9(10)15/h5-6,12,18H,16H2,1-4H3,(H2,17,19). The Kier molecular flexibility index (Phi) is 2.97. The first-order chi connectivity index (χ1) is 8.59. The highest BCUT2D eigenvalue weighted by Gasteiger charge is 2.65. The lowest BCUT2D eigenvalue weighted by molar-refractivity contribution is 0.100. The summed E-state index contributed by atoms with van der Waals surface area (Å²) in [5.41, 5.74) is 12.7. The van der Waals surface area contributed by atoms with Crippen molar-refractivity contribution in [2.24, 2.45) is 16.6 Å². The van der Waals surface area contributed by atoms with Crippen molar-refractivity contribution in [1.29, 1.82) is 0 Å². The molecule has 5 N–H and O–H groups in total. The number of hydrogen-bond donors (Lipinski definition) is 3. The molecule has 0 unspecified atom stereocenters. The van der Waals surface area contributed by atoms with Gasteiger partial charge in [0.2, 0.25) is 0 Å². The van der Waals surface area contributed by atoms with Crippen molar-refractivity contribution < 1.29 is 4.79 Å². The number of benzene rings is 1. The summed E-state index contributed by atoms with van der Waals surface area (Å²) in [5, 5.41) is 3.78. The zero-order valence-corrected chi connectivity index (χ0v) is 12.4. The van der Waals surface area contributed by atoms with E-state index in [1.54, 1.807) is 12.1 Å². The maximum Gasteiger partial charge on any atom is 0.250 e. The Morgan fingerprint density at radius 2 is 1.79 bits per heavy atom. The normalized spacial score (nSPS) is 20.1. The van der Waals surface area contributed by atoms with Gasteiger partial charge in [0.1, 0.15) is 0 Å². The van der Waals surface area contributed by atoms with Crippen LogP contribution in [0, 0.1) is 10.8 Å². The van der Waals surface area contributed by atoms with E-state index in [9.17, 15) is 4.79 Å². The van der Waals surface area contributed by atoms with Crippen LogP contribution in [-0.2, 0) is 0 Å². The average Bonchev–Trinajstić information content (AvgIpc) is 2.63. The van der Waals surface area contributed by atoms with Crippen molar-refractivity contribution in [3.05, 3.63) is 22.7 Å². The van der Waals surface area contributed by atoms with Gasteiger partial charge in [-0.1, -0.05) is 39.3 Å². The lowest BCUT2D eigenvalue weighted by atomic mass is 10.0. The average molecular weight is 282 g/mol. The van der Waals surface area contributed by atoms with Crippen molar-refractivity contribution in [2.75, 3.05) is 11.1 Å². The number of nitrogen functional groups attached to an aromatic ring is 1. The van der Waals surface area contributed by atoms with Crippen LogP contribution in [-0.4, -0.2) is 11.9 Å². The molecule has 2 rings (SSSR count). The van der Waals surface area contributed by atoms with Crippen molar-refractivity contribution in [1.82, 2.24) is 0 Å². The molecule has 19 heavy (non-hydrogen) atoms. The number of hydrogen-bond acceptors (Lipinski definition) is 3. The summed E-state index contributed by atoms with van der Waals surface area (Å²) < 4.78 is 0. The van der Waals surface area contributed by atoms with E-state index >= 15 is 0 Å². The van der Waals surface area contributed by atoms with Crippen LogP contribution < -0.4 is 16.8 Å². The summed E-state index contributed by atoms with van der Waals surface area (Å²) in [7, 11) is 0. The Balaban J connectivity index is 2.39. The van der Waals surface area contributed by atoms with Crippen LogP contribution in [0.2, 0.25) is 5.02 Å². The SMILES string of the molecule is CC1(C)C(Nc2c(Cl)cc(N)cc2C(N)=O)C1(C)C. The highest BCUT2D eigenvalue weighted by atomic mass is 35.5. The molecule has 1 aromatic rings. The smallest absolute Gasteiger partial charge is 0.250 e. The van der Waals surface area contributed by atoms with E-state index in [1.165, 1.54) is 0 Å². The van der Waals surface area contributed by atoms with Gasteiger partial charge in [-0.2, -0.15) is 0 Å². The van der Waals surface area contributed by atoms with Crippen LogP contribution in [0.25, 0.3) is 0 Å². The molecule has 0 radical (unpaired) electrons. The number of nitrogens with one attached hydrogen (secondary N) is 1. The summed E-state index contributed by atoms with van der Waals surface area (Å²) in [6.45, 7) is 8.72. The third-order valence-electron chi connectivity index (χ3n) is 4.69. The van der Waals surface area contributed by atoms with E-state index in [0.717, 1.165) is 0 Å². The number of halogens is 1. The fourth-order valence-electron chi connectivity index (χ4n) is 2.67. The molecule has 0 spiro atoms. The van der Waals surface area contributed by atoms with Gasteiger partial charge in [0, 0.05) is 11.7 Å². The Labute approximate surface area is 118 Å². The van der Waals surface area contributed by atoms with E-state index < -0.39 is 5.91 Å². The molecular formula is C14H20ClN3O. The molecule has 0 aromatic heterocycles. The molecule has 0 aliphatic heterocycles. The minimum Gasteiger partial charge on any atom is -0.399 e. The van der Waals surface area contributed by atoms with Gasteiger partial charge in [-0.25, -0.2) is 0 Å². The number of nitrogens with two attached hydrogens (primary N) is 2. The molecule has 1 aliphatic rings. The molecule has 0 atom stereocenters. The first kappa shape index (κ1) is 14.0. The van der Waals surface area contributed by atoms with E-state index in [-0.39, 0.29) is 16.9 Å². The number of primary amides is 1. The largest absolute Gasteiger partial charge is 0.399 e. The van der Waals surface area contributed by atoms with Crippen LogP contribution in [0.15, 0.2) is 12.1 Å². The topological polar surface area (TPSA) is 81.1 Å². The second kappa shape index (κ2) is 4.04. The maximum absolute atomic E-state index is 11.5. The van der Waals surface area contributed by atoms with E-state index in [4.69, 9.17) is 23.1 Å². The summed E-state index contributed by atoms with van der Waals surface area (Å²) in [5.74, 6) is -0.534. The van der Waals surface area contributed by atoms with E-state index in [0.29, 0.717) is 22.0 Å². The minimum atomic E-state index is -0.534. The van der Waals surface area contributed by atoms with Gasteiger partial charge in [0.25, 0.3) is 5.91 Å². The number of amides is 1. The zero-order valence-electron chi connectivity index (χ0n) is 11.7. The fourth-order valence-corrected chi connectivity index (χ4v) is 2.95. The minimum absolute atomic E-state index is 0.132. The zero-order chi connectivity index (χ0) is 14.6. The van der Waals surface area contributed by atoms with Crippen LogP contribution in [0.4, 0.5) is 11.4 Å². The summed E-state index contributed by atoms with van der Waals surface area (Å²) in [6, 6.07) is 3.41. The second-order valence-corrected chi connectivity index (χ2v) is 6.72. The number of carbonyl (C=O) groups excluding carboxylic acids is 1. The van der Waals surface area contributed by atoms with Crippen molar-refractivity contribution >= 4 is 28.9 Å². The third-order valence-corrected chi connectivity index (χ3v) is 4.99. The molecular weight excluding hydrogens is 262 g/mol. The molecule has 1 saturated carbocycles. The first-order valence-electron chi connectivity index (χ1n) is 6.24. The molecule has 5 heteroatoms. The van der Waals surface area contributed by atoms with E-state index in [2.05, 4.69) is 33.0 Å². The summed E-state index contributed by atoms with van der Waals surface area (Å²) in [4.78, 5) is 11.5. The Bertz CT molecular complexity index is 538. The number of anilines is 2. The van der Waals surface area contributed by atoms with Crippen LogP contribution in [0.3, 0.4) is 0 Å². The molecule has 1 fully saturated rings. The molecule has 0 heterocycles. The quantitative estimate of drug-likeness (QED) is 0.745. The highest BCUT2D eigenvalue weighted by Crippen LogP contribution is 2.64. The van der Waals surface area contributed by atoms with E-state index in [1.807, 2.05) is 0 Å². The number of rotatable bonds is 3. The van der Waals surface area contributed by atoms with Crippen LogP contribution >= 0.6 is 11.6 Å². The van der Waals surface area contributed by atoms with Crippen molar-refractivity contribution in [3.8, 4) is 0 Å². The van der Waals surface area contributed by atoms with Crippen LogP contribution in [0.1, 0.15) is 38.1 Å². The first-order valence-corrected chi connectivity index (χ1v) is 6.62. The maximum atomic E-state index is 11.5. The molecule has 0 bridgehead atoms. The Morgan fingerprint density at radius 3 is 2.21 bits per heavy atom. The fraction of sp³-hybridized carbons (Fsp3) is 0.500. The molecule has 104 valence electrons. The van der Waals surface area contributed by atoms with Gasteiger partial charge in [-0.3, -0.25) is 4.79 Å². The van der Waals surface area contributed by atoms with Gasteiger partial charge >= 0.3 is 0 Å². The molecule has 1 amide bonds. The highest BCUT2D eigenvalue weighted by molar-refractivity contribution is 6.34. The van der Waals surface area contributed by atoms with Crippen molar-refractivity contribution in [3.63, 3.8) is 0 Å². The molecule has 0 saturated heterocycles. The summed E-state index contributed by atoms with van der Waals surface area (Å²) >= 11 is 6.19. The number of carbonyl (C=O) groups is 1. The third kappa shape index (κ3) is 2.04. The van der Waals surface area contributed by atoms with Gasteiger partial charge in [0.15, 0.2) is 0 Å². The van der Waals surface area contributed by atoms with Crippen molar-refractivity contribution in [2.45, 2.75) is 33.7 Å². The summed E-state index contributed by atoms with van der Waals surface area (Å²) in [6.07, 6.45) is 0. The lowest BCUT2D eigenvalue weighted by Gasteiger charge is -2.14. The van der Waals surface area contributed by atoms with Gasteiger partial charge in [-0.15, -0.1) is 0 Å². The lowest BCUT2D eigenvalue weighted by Crippen LogP contribution is -2.18. The predicted molar refractivity (Wildman–Crippen MR) is 79.4 cm³/mol. The van der Waals surface area contributed by atoms with Gasteiger partial charge in [-0.05, 0) is 23.0 Å². The van der Waals surface area contributed by atoms with Gasteiger partial charge < -0.3 is 16.8 Å². The second-order valence-electron chi connectivity index (χ2n) is 6.31. The molecule has 4 nitrogen and oxygen atoms in total. The Morgan fingerprint density at radius 1 is 1.26 bits per heavy atom. The monoisotopic (exact) mass is 281 g/mol. The van der Waals surface area contributed by atoms with Gasteiger partial charge in [0.05, 0.1) is 16.3 Å². The Hall–Kier alpha value is -1.42. The van der Waals surface area contributed by atoms with Crippen LogP contribution in [0.5, 0.6) is 0 Å². The molecule has 1 aromatic carbocycles. The molecule has 1 aliphatic carbocycles.